The number of hydrogen-bond acceptors (Lipinski definition) is 1. The summed E-state index contributed by atoms with van der Waals surface area (Å²) in [7, 11) is 3.34. The van der Waals surface area contributed by atoms with Gasteiger partial charge < -0.3 is 4.90 Å². The number of benzene rings is 1. The summed E-state index contributed by atoms with van der Waals surface area (Å²) in [6.45, 7) is 0. The number of alkyl halides is 1. The molecule has 0 N–H and O–H groups in total. The first kappa shape index (κ1) is 12.8. The van der Waals surface area contributed by atoms with Crippen molar-refractivity contribution in [3.63, 3.8) is 0 Å². The molecule has 0 aliphatic rings. The van der Waals surface area contributed by atoms with Crippen molar-refractivity contribution in [2.24, 2.45) is 0 Å². The molecule has 1 aromatic rings. The van der Waals surface area contributed by atoms with Gasteiger partial charge in [-0.3, -0.25) is 4.79 Å². The van der Waals surface area contributed by atoms with Crippen molar-refractivity contribution in [3.05, 3.63) is 33.3 Å². The largest absolute Gasteiger partial charge is 0.347 e. The maximum absolute atomic E-state index is 11.6. The van der Waals surface area contributed by atoms with Crippen LogP contribution in [0.5, 0.6) is 0 Å². The van der Waals surface area contributed by atoms with Gasteiger partial charge in [-0.15, -0.1) is 11.6 Å². The van der Waals surface area contributed by atoms with E-state index >= 15 is 0 Å². The Morgan fingerprint density at radius 1 is 1.47 bits per heavy atom. The van der Waals surface area contributed by atoms with E-state index in [-0.39, 0.29) is 5.91 Å². The summed E-state index contributed by atoms with van der Waals surface area (Å²) in [6, 6.07) is 5.17. The van der Waals surface area contributed by atoms with E-state index in [0.29, 0.717) is 5.02 Å². The van der Waals surface area contributed by atoms with Crippen LogP contribution in [-0.2, 0) is 4.79 Å². The van der Waals surface area contributed by atoms with Crippen LogP contribution in [0.4, 0.5) is 0 Å². The standard InChI is InChI=1S/C10H10BrCl2NO/c1-14(2)10(15)9(13)7-4-3-6(12)5-8(7)11/h3-5,9H,1-2H3. The highest BCUT2D eigenvalue weighted by atomic mass is 79.9. The summed E-state index contributed by atoms with van der Waals surface area (Å²) >= 11 is 15.2. The van der Waals surface area contributed by atoms with Gasteiger partial charge in [0.15, 0.2) is 0 Å². The van der Waals surface area contributed by atoms with Crippen LogP contribution in [0.25, 0.3) is 0 Å². The maximum Gasteiger partial charge on any atom is 0.244 e. The number of halogens is 3. The molecule has 0 saturated heterocycles. The Labute approximate surface area is 107 Å². The maximum atomic E-state index is 11.6. The Bertz CT molecular complexity index is 382. The summed E-state index contributed by atoms with van der Waals surface area (Å²) in [5, 5.41) is -0.0848. The van der Waals surface area contributed by atoms with Gasteiger partial charge in [-0.25, -0.2) is 0 Å². The summed E-state index contributed by atoms with van der Waals surface area (Å²) in [4.78, 5) is 13.1. The first-order valence-corrected chi connectivity index (χ1v) is 5.84. The SMILES string of the molecule is CN(C)C(=O)C(Cl)c1ccc(Cl)cc1Br. The van der Waals surface area contributed by atoms with Crippen LogP contribution in [0.1, 0.15) is 10.9 Å². The molecule has 1 atom stereocenters. The van der Waals surface area contributed by atoms with Gasteiger partial charge in [-0.1, -0.05) is 33.6 Å². The van der Waals surface area contributed by atoms with Gasteiger partial charge in [0.2, 0.25) is 5.91 Å². The second-order valence-electron chi connectivity index (χ2n) is 3.26. The highest BCUT2D eigenvalue weighted by Crippen LogP contribution is 2.31. The monoisotopic (exact) mass is 309 g/mol. The fourth-order valence-electron chi connectivity index (χ4n) is 1.07. The minimum Gasteiger partial charge on any atom is -0.347 e. The van der Waals surface area contributed by atoms with Crippen LogP contribution >= 0.6 is 39.1 Å². The highest BCUT2D eigenvalue weighted by molar-refractivity contribution is 9.10. The third kappa shape index (κ3) is 3.10. The van der Waals surface area contributed by atoms with Gasteiger partial charge >= 0.3 is 0 Å². The van der Waals surface area contributed by atoms with E-state index in [4.69, 9.17) is 23.2 Å². The molecule has 15 heavy (non-hydrogen) atoms. The molecule has 0 radical (unpaired) electrons. The zero-order valence-electron chi connectivity index (χ0n) is 8.30. The number of nitrogens with zero attached hydrogens (tertiary/aromatic N) is 1. The normalized spacial score (nSPS) is 12.3. The van der Waals surface area contributed by atoms with Gasteiger partial charge in [0, 0.05) is 23.6 Å². The first-order chi connectivity index (χ1) is 6.93. The molecule has 0 saturated carbocycles. The molecular weight excluding hydrogens is 301 g/mol. The lowest BCUT2D eigenvalue weighted by molar-refractivity contribution is -0.128. The van der Waals surface area contributed by atoms with Crippen LogP contribution in [0.2, 0.25) is 5.02 Å². The summed E-state index contributed by atoms with van der Waals surface area (Å²) in [5.41, 5.74) is 0.722. The number of carbonyl (C=O) groups is 1. The molecule has 5 heteroatoms. The highest BCUT2D eigenvalue weighted by Gasteiger charge is 2.21. The minimum atomic E-state index is -0.688. The Kier molecular flexibility index (Phi) is 4.44. The Hall–Kier alpha value is -0.250. The predicted octanol–water partition coefficient (Wildman–Crippen LogP) is 3.47. The zero-order valence-corrected chi connectivity index (χ0v) is 11.4. The van der Waals surface area contributed by atoms with E-state index in [2.05, 4.69) is 15.9 Å². The van der Waals surface area contributed by atoms with Crippen molar-refractivity contribution < 1.29 is 4.79 Å². The molecule has 1 rings (SSSR count). The Morgan fingerprint density at radius 2 is 2.07 bits per heavy atom. The molecule has 0 aliphatic carbocycles. The lowest BCUT2D eigenvalue weighted by Crippen LogP contribution is -2.25. The topological polar surface area (TPSA) is 20.3 Å². The molecule has 0 bridgehead atoms. The second-order valence-corrected chi connectivity index (χ2v) is 4.99. The van der Waals surface area contributed by atoms with Crippen LogP contribution in [0.15, 0.2) is 22.7 Å². The fourth-order valence-corrected chi connectivity index (χ4v) is 2.50. The van der Waals surface area contributed by atoms with Crippen LogP contribution in [0, 0.1) is 0 Å². The van der Waals surface area contributed by atoms with Crippen molar-refractivity contribution in [2.45, 2.75) is 5.38 Å². The van der Waals surface area contributed by atoms with Crippen molar-refractivity contribution in [1.29, 1.82) is 0 Å². The van der Waals surface area contributed by atoms with E-state index in [1.165, 1.54) is 4.90 Å². The Balaban J connectivity index is 3.01. The average Bonchev–Trinajstić information content (AvgIpc) is 2.15. The quantitative estimate of drug-likeness (QED) is 0.766. The van der Waals surface area contributed by atoms with E-state index in [1.54, 1.807) is 32.3 Å². The molecule has 1 unspecified atom stereocenters. The van der Waals surface area contributed by atoms with Crippen molar-refractivity contribution >= 4 is 45.0 Å². The number of rotatable bonds is 2. The minimum absolute atomic E-state index is 0.153. The zero-order chi connectivity index (χ0) is 11.6. The van der Waals surface area contributed by atoms with Crippen LogP contribution in [-0.4, -0.2) is 24.9 Å². The molecule has 1 amide bonds. The Morgan fingerprint density at radius 3 is 2.53 bits per heavy atom. The molecule has 82 valence electrons. The van der Waals surface area contributed by atoms with Gasteiger partial charge in [-0.05, 0) is 17.7 Å². The average molecular weight is 311 g/mol. The number of likely N-dealkylation sites (N-methyl/N-ethyl adjacent to an activating group) is 1. The molecule has 0 spiro atoms. The molecule has 2 nitrogen and oxygen atoms in total. The van der Waals surface area contributed by atoms with E-state index in [9.17, 15) is 4.79 Å². The number of hydrogen-bond donors (Lipinski definition) is 0. The number of amides is 1. The molecule has 0 heterocycles. The molecule has 0 aliphatic heterocycles. The van der Waals surface area contributed by atoms with Crippen molar-refractivity contribution in [1.82, 2.24) is 4.90 Å². The molecule has 0 fully saturated rings. The van der Waals surface area contributed by atoms with Gasteiger partial charge in [0.25, 0.3) is 0 Å². The third-order valence-electron chi connectivity index (χ3n) is 1.89. The first-order valence-electron chi connectivity index (χ1n) is 4.23. The predicted molar refractivity (Wildman–Crippen MR) is 66.4 cm³/mol. The molecular formula is C10H10BrCl2NO. The number of carbonyl (C=O) groups excluding carboxylic acids is 1. The fraction of sp³-hybridized carbons (Fsp3) is 0.300. The van der Waals surface area contributed by atoms with Gasteiger partial charge in [0.05, 0.1) is 0 Å². The summed E-state index contributed by atoms with van der Waals surface area (Å²) in [5.74, 6) is -0.153. The van der Waals surface area contributed by atoms with E-state index in [0.717, 1.165) is 10.0 Å². The second kappa shape index (κ2) is 5.19. The van der Waals surface area contributed by atoms with Crippen LogP contribution in [0.3, 0.4) is 0 Å². The summed E-state index contributed by atoms with van der Waals surface area (Å²) in [6.07, 6.45) is 0. The molecule has 0 aromatic heterocycles. The van der Waals surface area contributed by atoms with Crippen LogP contribution < -0.4 is 0 Å². The van der Waals surface area contributed by atoms with E-state index < -0.39 is 5.38 Å². The summed E-state index contributed by atoms with van der Waals surface area (Å²) < 4.78 is 0.741. The van der Waals surface area contributed by atoms with Crippen molar-refractivity contribution in [2.75, 3.05) is 14.1 Å². The lowest BCUT2D eigenvalue weighted by atomic mass is 10.1. The van der Waals surface area contributed by atoms with Gasteiger partial charge in [-0.2, -0.15) is 0 Å². The lowest BCUT2D eigenvalue weighted by Gasteiger charge is -2.16. The molecule has 1 aromatic carbocycles. The van der Waals surface area contributed by atoms with E-state index in [1.807, 2.05) is 0 Å². The smallest absolute Gasteiger partial charge is 0.244 e. The van der Waals surface area contributed by atoms with Gasteiger partial charge in [0.1, 0.15) is 5.38 Å². The van der Waals surface area contributed by atoms with Crippen molar-refractivity contribution in [3.8, 4) is 0 Å². The third-order valence-corrected chi connectivity index (χ3v) is 3.24.